The summed E-state index contributed by atoms with van der Waals surface area (Å²) in [5, 5.41) is 11.1. The highest BCUT2D eigenvalue weighted by Gasteiger charge is 2.20. The lowest BCUT2D eigenvalue weighted by Crippen LogP contribution is -2.49. The molecule has 1 aliphatic heterocycles. The van der Waals surface area contributed by atoms with Crippen LogP contribution in [0.2, 0.25) is 5.02 Å². The van der Waals surface area contributed by atoms with Gasteiger partial charge in [0.25, 0.3) is 0 Å². The third-order valence-corrected chi connectivity index (χ3v) is 5.70. The van der Waals surface area contributed by atoms with E-state index in [0.29, 0.717) is 0 Å². The van der Waals surface area contributed by atoms with Gasteiger partial charge in [0.2, 0.25) is 0 Å². The number of rotatable bonds is 6. The second-order valence-corrected chi connectivity index (χ2v) is 7.52. The van der Waals surface area contributed by atoms with Gasteiger partial charge in [-0.1, -0.05) is 41.9 Å². The molecule has 0 aliphatic carbocycles. The van der Waals surface area contributed by atoms with E-state index in [9.17, 15) is 5.11 Å². The number of nitrogens with zero attached hydrogens (tertiary/aromatic N) is 2. The molecular weight excluding hydrogens is 340 g/mol. The van der Waals surface area contributed by atoms with Crippen molar-refractivity contribution in [1.82, 2.24) is 4.90 Å². The first-order valence-corrected chi connectivity index (χ1v) is 9.66. The van der Waals surface area contributed by atoms with Crippen molar-refractivity contribution in [3.8, 4) is 0 Å². The van der Waals surface area contributed by atoms with Crippen molar-refractivity contribution in [3.05, 3.63) is 59.6 Å². The molecule has 1 N–H and O–H groups in total. The Balaban J connectivity index is 1.43. The van der Waals surface area contributed by atoms with Crippen LogP contribution < -0.4 is 4.90 Å². The zero-order valence-electron chi connectivity index (χ0n) is 13.6. The Morgan fingerprint density at radius 1 is 0.958 bits per heavy atom. The van der Waals surface area contributed by atoms with Gasteiger partial charge in [0.05, 0.1) is 16.8 Å². The third kappa shape index (κ3) is 4.90. The van der Waals surface area contributed by atoms with Crippen LogP contribution in [0.1, 0.15) is 0 Å². The van der Waals surface area contributed by atoms with Crippen LogP contribution in [0.4, 0.5) is 5.69 Å². The number of aliphatic hydroxyl groups excluding tert-OH is 1. The molecule has 3 rings (SSSR count). The van der Waals surface area contributed by atoms with Crippen LogP contribution in [0.15, 0.2) is 59.5 Å². The predicted octanol–water partition coefficient (Wildman–Crippen LogP) is 3.62. The zero-order chi connectivity index (χ0) is 16.8. The molecule has 1 unspecified atom stereocenters. The summed E-state index contributed by atoms with van der Waals surface area (Å²) in [6, 6.07) is 18.2. The summed E-state index contributed by atoms with van der Waals surface area (Å²) in [7, 11) is 0. The Hall–Kier alpha value is -1.20. The summed E-state index contributed by atoms with van der Waals surface area (Å²) in [5.41, 5.74) is 1.11. The maximum atomic E-state index is 10.3. The molecule has 5 heteroatoms. The van der Waals surface area contributed by atoms with Crippen molar-refractivity contribution in [3.63, 3.8) is 0 Å². The average Bonchev–Trinajstić information content (AvgIpc) is 2.62. The van der Waals surface area contributed by atoms with Crippen molar-refractivity contribution in [2.24, 2.45) is 0 Å². The fraction of sp³-hybridized carbons (Fsp3) is 0.368. The molecule has 0 spiro atoms. The van der Waals surface area contributed by atoms with Gasteiger partial charge in [0, 0.05) is 43.4 Å². The highest BCUT2D eigenvalue weighted by atomic mass is 35.5. The van der Waals surface area contributed by atoms with E-state index in [2.05, 4.69) is 28.0 Å². The molecule has 0 amide bonds. The first-order valence-electron chi connectivity index (χ1n) is 8.30. The first kappa shape index (κ1) is 17.6. The number of hydrogen-bond donors (Lipinski definition) is 1. The van der Waals surface area contributed by atoms with Crippen molar-refractivity contribution in [1.29, 1.82) is 0 Å². The zero-order valence-corrected chi connectivity index (χ0v) is 15.2. The van der Waals surface area contributed by atoms with E-state index >= 15 is 0 Å². The summed E-state index contributed by atoms with van der Waals surface area (Å²) >= 11 is 7.99. The fourth-order valence-electron chi connectivity index (χ4n) is 2.94. The lowest BCUT2D eigenvalue weighted by molar-refractivity contribution is 0.126. The van der Waals surface area contributed by atoms with Crippen molar-refractivity contribution in [2.75, 3.05) is 43.4 Å². The van der Waals surface area contributed by atoms with E-state index in [0.717, 1.165) is 49.2 Å². The minimum atomic E-state index is -0.304. The van der Waals surface area contributed by atoms with Gasteiger partial charge < -0.3 is 10.0 Å². The fourth-order valence-corrected chi connectivity index (χ4v) is 4.03. The molecular formula is C19H23ClN2OS. The smallest absolute Gasteiger partial charge is 0.0760 e. The normalized spacial score (nSPS) is 17.0. The number of anilines is 1. The second-order valence-electron chi connectivity index (χ2n) is 6.02. The molecule has 2 aromatic rings. The van der Waals surface area contributed by atoms with Crippen molar-refractivity contribution < 1.29 is 5.11 Å². The molecule has 1 heterocycles. The molecule has 1 atom stereocenters. The first-order chi connectivity index (χ1) is 11.7. The average molecular weight is 363 g/mol. The number of benzene rings is 2. The van der Waals surface area contributed by atoms with Gasteiger partial charge >= 0.3 is 0 Å². The maximum Gasteiger partial charge on any atom is 0.0760 e. The number of para-hydroxylation sites is 1. The SMILES string of the molecule is OC(CSc1ccccc1)CN1CCN(c2ccccc2Cl)CC1. The Morgan fingerprint density at radius 3 is 2.33 bits per heavy atom. The van der Waals surface area contributed by atoms with Gasteiger partial charge in [0.15, 0.2) is 0 Å². The van der Waals surface area contributed by atoms with Gasteiger partial charge in [0.1, 0.15) is 0 Å². The molecule has 1 aliphatic rings. The number of hydrogen-bond acceptors (Lipinski definition) is 4. The summed E-state index contributed by atoms with van der Waals surface area (Å²) in [6.45, 7) is 4.54. The topological polar surface area (TPSA) is 26.7 Å². The largest absolute Gasteiger partial charge is 0.391 e. The van der Waals surface area contributed by atoms with E-state index in [1.165, 1.54) is 4.90 Å². The molecule has 24 heavy (non-hydrogen) atoms. The number of piperazine rings is 1. The number of β-amino-alcohol motifs (C(OH)–C–C–N with tert-alkyl or cyclic N) is 1. The number of thioether (sulfide) groups is 1. The van der Waals surface area contributed by atoms with Crippen molar-refractivity contribution >= 4 is 29.1 Å². The molecule has 2 aromatic carbocycles. The predicted molar refractivity (Wildman–Crippen MR) is 103 cm³/mol. The molecule has 3 nitrogen and oxygen atoms in total. The van der Waals surface area contributed by atoms with Crippen LogP contribution in [0.5, 0.6) is 0 Å². The van der Waals surface area contributed by atoms with Crippen LogP contribution in [0.25, 0.3) is 0 Å². The van der Waals surface area contributed by atoms with Gasteiger partial charge in [-0.15, -0.1) is 11.8 Å². The highest BCUT2D eigenvalue weighted by Crippen LogP contribution is 2.26. The standard InChI is InChI=1S/C19H23ClN2OS/c20-18-8-4-5-9-19(18)22-12-10-21(11-13-22)14-16(23)15-24-17-6-2-1-3-7-17/h1-9,16,23H,10-15H2. The minimum absolute atomic E-state index is 0.304. The Morgan fingerprint density at radius 2 is 1.62 bits per heavy atom. The number of aliphatic hydroxyl groups is 1. The van der Waals surface area contributed by atoms with E-state index in [1.807, 2.05) is 36.4 Å². The van der Waals surface area contributed by atoms with Crippen LogP contribution in [-0.4, -0.2) is 54.6 Å². The van der Waals surface area contributed by atoms with Gasteiger partial charge in [-0.3, -0.25) is 4.90 Å². The number of halogens is 1. The van der Waals surface area contributed by atoms with Crippen LogP contribution in [-0.2, 0) is 0 Å². The summed E-state index contributed by atoms with van der Waals surface area (Å²) in [4.78, 5) is 5.87. The Labute approximate surface area is 153 Å². The quantitative estimate of drug-likeness (QED) is 0.794. The van der Waals surface area contributed by atoms with E-state index in [4.69, 9.17) is 11.6 Å². The molecule has 1 fully saturated rings. The summed E-state index contributed by atoms with van der Waals surface area (Å²) in [6.07, 6.45) is -0.304. The van der Waals surface area contributed by atoms with E-state index in [1.54, 1.807) is 11.8 Å². The summed E-state index contributed by atoms with van der Waals surface area (Å²) in [5.74, 6) is 0.731. The lowest BCUT2D eigenvalue weighted by Gasteiger charge is -2.37. The van der Waals surface area contributed by atoms with Crippen LogP contribution in [0, 0.1) is 0 Å². The van der Waals surface area contributed by atoms with E-state index < -0.39 is 0 Å². The molecule has 0 radical (unpaired) electrons. The summed E-state index contributed by atoms with van der Waals surface area (Å²) < 4.78 is 0. The van der Waals surface area contributed by atoms with Crippen LogP contribution in [0.3, 0.4) is 0 Å². The lowest BCUT2D eigenvalue weighted by atomic mass is 10.2. The minimum Gasteiger partial charge on any atom is -0.391 e. The molecule has 0 saturated carbocycles. The Bertz CT molecular complexity index is 632. The van der Waals surface area contributed by atoms with Crippen LogP contribution >= 0.6 is 23.4 Å². The van der Waals surface area contributed by atoms with Gasteiger partial charge in [-0.2, -0.15) is 0 Å². The Kier molecular flexibility index (Phi) is 6.44. The van der Waals surface area contributed by atoms with E-state index in [-0.39, 0.29) is 6.10 Å². The highest BCUT2D eigenvalue weighted by molar-refractivity contribution is 7.99. The molecule has 1 saturated heterocycles. The maximum absolute atomic E-state index is 10.3. The third-order valence-electron chi connectivity index (χ3n) is 4.22. The van der Waals surface area contributed by atoms with Gasteiger partial charge in [-0.05, 0) is 24.3 Å². The monoisotopic (exact) mass is 362 g/mol. The van der Waals surface area contributed by atoms with Crippen molar-refractivity contribution in [2.45, 2.75) is 11.0 Å². The molecule has 0 bridgehead atoms. The van der Waals surface area contributed by atoms with Gasteiger partial charge in [-0.25, -0.2) is 0 Å². The second kappa shape index (κ2) is 8.77. The molecule has 0 aromatic heterocycles. The molecule has 128 valence electrons.